The maximum Gasteiger partial charge on any atom is 0.0148 e. The molecule has 0 spiro atoms. The number of rotatable bonds is 1. The Morgan fingerprint density at radius 3 is 2.40 bits per heavy atom. The molecule has 0 aromatic carbocycles. The van der Waals surface area contributed by atoms with Gasteiger partial charge in [-0.25, -0.2) is 0 Å². The number of nitrogens with two attached hydrogens (primary N) is 1. The van der Waals surface area contributed by atoms with Crippen molar-refractivity contribution in [1.82, 2.24) is 9.80 Å². The second kappa shape index (κ2) is 4.04. The molecule has 0 aliphatic carbocycles. The summed E-state index contributed by atoms with van der Waals surface area (Å²) in [7, 11) is 0. The zero-order valence-electron chi connectivity index (χ0n) is 9.57. The van der Waals surface area contributed by atoms with Crippen molar-refractivity contribution in [2.45, 2.75) is 37.8 Å². The molecule has 3 saturated heterocycles. The minimum atomic E-state index is 0.477. The second-order valence-electron chi connectivity index (χ2n) is 5.58. The largest absolute Gasteiger partial charge is 0.328 e. The van der Waals surface area contributed by atoms with Crippen molar-refractivity contribution in [3.63, 3.8) is 0 Å². The smallest absolute Gasteiger partial charge is 0.0148 e. The van der Waals surface area contributed by atoms with Crippen LogP contribution in [0, 0.1) is 5.92 Å². The van der Waals surface area contributed by atoms with E-state index in [0.717, 1.165) is 12.0 Å². The van der Waals surface area contributed by atoms with Crippen LogP contribution in [0.5, 0.6) is 0 Å². The Kier molecular flexibility index (Phi) is 2.71. The van der Waals surface area contributed by atoms with E-state index in [2.05, 4.69) is 9.80 Å². The molecule has 3 heterocycles. The molecule has 0 aromatic rings. The van der Waals surface area contributed by atoms with Gasteiger partial charge in [0.05, 0.1) is 0 Å². The summed E-state index contributed by atoms with van der Waals surface area (Å²) < 4.78 is 0. The van der Waals surface area contributed by atoms with Crippen molar-refractivity contribution in [3.8, 4) is 0 Å². The van der Waals surface area contributed by atoms with Crippen molar-refractivity contribution in [3.05, 3.63) is 0 Å². The summed E-state index contributed by atoms with van der Waals surface area (Å²) in [6.07, 6.45) is 5.27. The summed E-state index contributed by atoms with van der Waals surface area (Å²) in [4.78, 5) is 5.37. The Labute approximate surface area is 92.6 Å². The summed E-state index contributed by atoms with van der Waals surface area (Å²) in [6, 6.07) is 1.36. The van der Waals surface area contributed by atoms with E-state index in [4.69, 9.17) is 5.73 Å². The number of fused-ring (bicyclic) bond motifs is 2. The standard InChI is InChI=1S/C12H23N3/c13-11-2-7-15(8-3-11)12-4-6-14-5-1-10(12)9-14/h10-12H,1-9,13H2. The van der Waals surface area contributed by atoms with Gasteiger partial charge in [0.25, 0.3) is 0 Å². The molecule has 3 heteroatoms. The van der Waals surface area contributed by atoms with Gasteiger partial charge >= 0.3 is 0 Å². The molecule has 3 fully saturated rings. The highest BCUT2D eigenvalue weighted by Crippen LogP contribution is 2.31. The van der Waals surface area contributed by atoms with Gasteiger partial charge < -0.3 is 10.6 Å². The minimum Gasteiger partial charge on any atom is -0.328 e. The maximum absolute atomic E-state index is 5.97. The molecule has 3 unspecified atom stereocenters. The Morgan fingerprint density at radius 1 is 0.867 bits per heavy atom. The first-order valence-electron chi connectivity index (χ1n) is 6.55. The van der Waals surface area contributed by atoms with Crippen LogP contribution in [0.1, 0.15) is 25.7 Å². The molecule has 0 saturated carbocycles. The van der Waals surface area contributed by atoms with Crippen LogP contribution in [-0.2, 0) is 0 Å². The van der Waals surface area contributed by atoms with E-state index in [0.29, 0.717) is 6.04 Å². The number of likely N-dealkylation sites (tertiary alicyclic amines) is 1. The predicted molar refractivity (Wildman–Crippen MR) is 61.7 cm³/mol. The molecule has 3 aliphatic heterocycles. The van der Waals surface area contributed by atoms with Crippen LogP contribution in [0.2, 0.25) is 0 Å². The van der Waals surface area contributed by atoms with Gasteiger partial charge in [-0.05, 0) is 57.8 Å². The van der Waals surface area contributed by atoms with E-state index in [1.807, 2.05) is 0 Å². The molecule has 3 aliphatic rings. The summed E-state index contributed by atoms with van der Waals surface area (Å²) >= 11 is 0. The van der Waals surface area contributed by atoms with Crippen molar-refractivity contribution < 1.29 is 0 Å². The zero-order chi connectivity index (χ0) is 10.3. The van der Waals surface area contributed by atoms with Crippen LogP contribution in [0.25, 0.3) is 0 Å². The molecule has 0 radical (unpaired) electrons. The van der Waals surface area contributed by atoms with E-state index in [-0.39, 0.29) is 0 Å². The van der Waals surface area contributed by atoms with Gasteiger partial charge in [-0.2, -0.15) is 0 Å². The lowest BCUT2D eigenvalue weighted by molar-refractivity contribution is 0.0781. The third-order valence-electron chi connectivity index (χ3n) is 4.64. The van der Waals surface area contributed by atoms with Crippen LogP contribution in [0.15, 0.2) is 0 Å². The van der Waals surface area contributed by atoms with E-state index in [1.54, 1.807) is 0 Å². The highest BCUT2D eigenvalue weighted by Gasteiger charge is 2.37. The molecular formula is C12H23N3. The van der Waals surface area contributed by atoms with Gasteiger partial charge in [0.2, 0.25) is 0 Å². The van der Waals surface area contributed by atoms with Crippen molar-refractivity contribution in [1.29, 1.82) is 0 Å². The van der Waals surface area contributed by atoms with Gasteiger partial charge in [0.15, 0.2) is 0 Å². The van der Waals surface area contributed by atoms with E-state index in [9.17, 15) is 0 Å². The Hall–Kier alpha value is -0.120. The van der Waals surface area contributed by atoms with Crippen molar-refractivity contribution >= 4 is 0 Å². The summed E-state index contributed by atoms with van der Waals surface area (Å²) in [5, 5.41) is 0. The monoisotopic (exact) mass is 209 g/mol. The van der Waals surface area contributed by atoms with Crippen molar-refractivity contribution in [2.75, 3.05) is 32.7 Å². The lowest BCUT2D eigenvalue weighted by Crippen LogP contribution is -2.51. The fourth-order valence-electron chi connectivity index (χ4n) is 3.66. The van der Waals surface area contributed by atoms with E-state index in [1.165, 1.54) is 58.4 Å². The molecule has 0 aromatic heterocycles. The molecule has 15 heavy (non-hydrogen) atoms. The number of hydrogen-bond acceptors (Lipinski definition) is 3. The van der Waals surface area contributed by atoms with E-state index >= 15 is 0 Å². The molecule has 2 bridgehead atoms. The van der Waals surface area contributed by atoms with E-state index < -0.39 is 0 Å². The highest BCUT2D eigenvalue weighted by atomic mass is 15.2. The normalized spacial score (nSPS) is 43.4. The fourth-order valence-corrected chi connectivity index (χ4v) is 3.66. The number of hydrogen-bond donors (Lipinski definition) is 1. The average molecular weight is 209 g/mol. The van der Waals surface area contributed by atoms with Crippen LogP contribution in [0.3, 0.4) is 0 Å². The van der Waals surface area contributed by atoms with Crippen LogP contribution < -0.4 is 5.73 Å². The third-order valence-corrected chi connectivity index (χ3v) is 4.64. The fraction of sp³-hybridized carbons (Fsp3) is 1.00. The first-order valence-corrected chi connectivity index (χ1v) is 6.55. The summed E-state index contributed by atoms with van der Waals surface area (Å²) in [6.45, 7) is 6.57. The lowest BCUT2D eigenvalue weighted by atomic mass is 9.90. The minimum absolute atomic E-state index is 0.477. The first kappa shape index (κ1) is 10.1. The molecular weight excluding hydrogens is 186 g/mol. The lowest BCUT2D eigenvalue weighted by Gasteiger charge is -2.42. The molecule has 0 amide bonds. The zero-order valence-corrected chi connectivity index (χ0v) is 9.57. The molecule has 86 valence electrons. The number of nitrogens with zero attached hydrogens (tertiary/aromatic N) is 2. The van der Waals surface area contributed by atoms with Crippen LogP contribution in [-0.4, -0.2) is 54.6 Å². The average Bonchev–Trinajstić information content (AvgIpc) is 2.63. The first-order chi connectivity index (χ1) is 7.33. The van der Waals surface area contributed by atoms with Crippen LogP contribution >= 0.6 is 0 Å². The quantitative estimate of drug-likeness (QED) is 0.683. The summed E-state index contributed by atoms with van der Waals surface area (Å²) in [5.74, 6) is 0.966. The molecule has 3 rings (SSSR count). The molecule has 3 atom stereocenters. The van der Waals surface area contributed by atoms with Crippen LogP contribution in [0.4, 0.5) is 0 Å². The molecule has 3 nitrogen and oxygen atoms in total. The predicted octanol–water partition coefficient (Wildman–Crippen LogP) is 0.504. The Bertz CT molecular complexity index is 223. The molecule has 2 N–H and O–H groups in total. The van der Waals surface area contributed by atoms with Gasteiger partial charge in [-0.1, -0.05) is 0 Å². The third kappa shape index (κ3) is 1.93. The SMILES string of the molecule is NC1CCN(C2CCN3CCC2C3)CC1. The second-order valence-corrected chi connectivity index (χ2v) is 5.58. The topological polar surface area (TPSA) is 32.5 Å². The van der Waals surface area contributed by atoms with Gasteiger partial charge in [-0.3, -0.25) is 4.90 Å². The number of piperidine rings is 2. The van der Waals surface area contributed by atoms with Gasteiger partial charge in [-0.15, -0.1) is 0 Å². The van der Waals surface area contributed by atoms with Gasteiger partial charge in [0.1, 0.15) is 0 Å². The maximum atomic E-state index is 5.97. The Morgan fingerprint density at radius 2 is 1.60 bits per heavy atom. The van der Waals surface area contributed by atoms with Crippen molar-refractivity contribution in [2.24, 2.45) is 11.7 Å². The Balaban J connectivity index is 1.62. The van der Waals surface area contributed by atoms with Gasteiger partial charge in [0, 0.05) is 18.6 Å². The summed E-state index contributed by atoms with van der Waals surface area (Å²) in [5.41, 5.74) is 5.97. The highest BCUT2D eigenvalue weighted by molar-refractivity contribution is 4.93.